The second kappa shape index (κ2) is 5.82. The highest BCUT2D eigenvalue weighted by Gasteiger charge is 2.30. The molecule has 1 heterocycles. The summed E-state index contributed by atoms with van der Waals surface area (Å²) in [5.74, 6) is -1.06. The second-order valence-corrected chi connectivity index (χ2v) is 5.37. The molecular weight excluding hydrogens is 270 g/mol. The lowest BCUT2D eigenvalue weighted by Crippen LogP contribution is -2.25. The van der Waals surface area contributed by atoms with Gasteiger partial charge in [-0.25, -0.2) is 8.78 Å². The van der Waals surface area contributed by atoms with Crippen LogP contribution in [0.3, 0.4) is 0 Å². The fourth-order valence-electron chi connectivity index (χ4n) is 3.07. The van der Waals surface area contributed by atoms with Crippen molar-refractivity contribution in [2.75, 3.05) is 11.4 Å². The number of rotatable bonds is 3. The van der Waals surface area contributed by atoms with Crippen molar-refractivity contribution in [3.8, 4) is 0 Å². The number of hydrogen-bond donors (Lipinski definition) is 1. The van der Waals surface area contributed by atoms with Gasteiger partial charge in [0.15, 0.2) is 0 Å². The summed E-state index contributed by atoms with van der Waals surface area (Å²) in [6, 6.07) is 12.6. The van der Waals surface area contributed by atoms with Crippen LogP contribution in [0.25, 0.3) is 0 Å². The zero-order chi connectivity index (χ0) is 14.8. The molecule has 0 radical (unpaired) electrons. The maximum Gasteiger partial charge on any atom is 0.149 e. The first-order valence-electron chi connectivity index (χ1n) is 7.20. The third-order valence-corrected chi connectivity index (χ3v) is 4.04. The first-order valence-corrected chi connectivity index (χ1v) is 7.20. The van der Waals surface area contributed by atoms with Crippen molar-refractivity contribution in [1.29, 1.82) is 0 Å². The van der Waals surface area contributed by atoms with Crippen LogP contribution in [0, 0.1) is 11.6 Å². The number of halogens is 2. The van der Waals surface area contributed by atoms with Gasteiger partial charge in [0, 0.05) is 13.1 Å². The summed E-state index contributed by atoms with van der Waals surface area (Å²) >= 11 is 0. The van der Waals surface area contributed by atoms with Gasteiger partial charge in [0.05, 0.1) is 6.04 Å². The lowest BCUT2D eigenvalue weighted by molar-refractivity contribution is 0.562. The van der Waals surface area contributed by atoms with E-state index in [1.165, 1.54) is 12.1 Å². The molecule has 21 heavy (non-hydrogen) atoms. The predicted molar refractivity (Wildman–Crippen MR) is 80.0 cm³/mol. The van der Waals surface area contributed by atoms with Crippen molar-refractivity contribution in [3.05, 3.63) is 65.2 Å². The van der Waals surface area contributed by atoms with Gasteiger partial charge in [-0.05, 0) is 36.1 Å². The molecule has 1 fully saturated rings. The van der Waals surface area contributed by atoms with Crippen LogP contribution in [0.5, 0.6) is 0 Å². The molecule has 0 amide bonds. The highest BCUT2D eigenvalue weighted by Crippen LogP contribution is 2.38. The second-order valence-electron chi connectivity index (χ2n) is 5.37. The molecule has 0 spiro atoms. The van der Waals surface area contributed by atoms with Crippen LogP contribution in [0.1, 0.15) is 30.0 Å². The van der Waals surface area contributed by atoms with E-state index in [4.69, 9.17) is 5.73 Å². The third kappa shape index (κ3) is 2.63. The summed E-state index contributed by atoms with van der Waals surface area (Å²) in [5.41, 5.74) is 7.10. The van der Waals surface area contributed by atoms with E-state index in [0.717, 1.165) is 18.4 Å². The first kappa shape index (κ1) is 14.0. The molecule has 1 unspecified atom stereocenters. The van der Waals surface area contributed by atoms with Crippen molar-refractivity contribution >= 4 is 5.69 Å². The van der Waals surface area contributed by atoms with Crippen LogP contribution in [0.4, 0.5) is 14.5 Å². The van der Waals surface area contributed by atoms with Gasteiger partial charge in [0.25, 0.3) is 0 Å². The van der Waals surface area contributed by atoms with Crippen molar-refractivity contribution in [1.82, 2.24) is 0 Å². The van der Waals surface area contributed by atoms with Gasteiger partial charge < -0.3 is 10.6 Å². The average molecular weight is 288 g/mol. The highest BCUT2D eigenvalue weighted by molar-refractivity contribution is 5.53. The molecule has 2 nitrogen and oxygen atoms in total. The van der Waals surface area contributed by atoms with Crippen LogP contribution < -0.4 is 10.6 Å². The van der Waals surface area contributed by atoms with E-state index in [1.54, 1.807) is 0 Å². The predicted octanol–water partition coefficient (Wildman–Crippen LogP) is 3.77. The van der Waals surface area contributed by atoms with Gasteiger partial charge in [0.1, 0.15) is 17.3 Å². The van der Waals surface area contributed by atoms with Crippen LogP contribution in [0.2, 0.25) is 0 Å². The van der Waals surface area contributed by atoms with Crippen molar-refractivity contribution in [3.63, 3.8) is 0 Å². The Morgan fingerprint density at radius 3 is 2.38 bits per heavy atom. The zero-order valence-electron chi connectivity index (χ0n) is 11.7. The summed E-state index contributed by atoms with van der Waals surface area (Å²) in [7, 11) is 0. The molecule has 0 aromatic heterocycles. The quantitative estimate of drug-likeness (QED) is 0.931. The molecule has 3 rings (SSSR count). The molecule has 4 heteroatoms. The van der Waals surface area contributed by atoms with E-state index in [0.29, 0.717) is 12.1 Å². The van der Waals surface area contributed by atoms with E-state index < -0.39 is 11.6 Å². The summed E-state index contributed by atoms with van der Waals surface area (Å²) < 4.78 is 28.6. The molecule has 110 valence electrons. The molecule has 0 aliphatic carbocycles. The lowest BCUT2D eigenvalue weighted by atomic mass is 10.0. The maximum absolute atomic E-state index is 14.3. The number of nitrogens with zero attached hydrogens (tertiary/aromatic N) is 1. The van der Waals surface area contributed by atoms with Gasteiger partial charge in [-0.1, -0.05) is 30.3 Å². The number of anilines is 1. The molecule has 2 N–H and O–H groups in total. The Morgan fingerprint density at radius 2 is 1.76 bits per heavy atom. The highest BCUT2D eigenvalue weighted by atomic mass is 19.1. The molecular formula is C17H18F2N2. The molecule has 2 aromatic carbocycles. The molecule has 0 bridgehead atoms. The normalized spacial score (nSPS) is 18.2. The fourth-order valence-corrected chi connectivity index (χ4v) is 3.07. The molecule has 2 aromatic rings. The summed E-state index contributed by atoms with van der Waals surface area (Å²) in [6.07, 6.45) is 1.83. The van der Waals surface area contributed by atoms with Crippen LogP contribution in [0.15, 0.2) is 42.5 Å². The van der Waals surface area contributed by atoms with E-state index >= 15 is 0 Å². The minimum absolute atomic E-state index is 0.0268. The summed E-state index contributed by atoms with van der Waals surface area (Å²) in [5, 5.41) is 0. The minimum Gasteiger partial charge on any atom is -0.360 e. The number of benzene rings is 2. The van der Waals surface area contributed by atoms with Crippen LogP contribution >= 0.6 is 0 Å². The molecule has 1 atom stereocenters. The van der Waals surface area contributed by atoms with E-state index in [-0.39, 0.29) is 18.3 Å². The van der Waals surface area contributed by atoms with Gasteiger partial charge in [-0.3, -0.25) is 0 Å². The van der Waals surface area contributed by atoms with Crippen LogP contribution in [-0.2, 0) is 6.54 Å². The van der Waals surface area contributed by atoms with Crippen molar-refractivity contribution < 1.29 is 8.78 Å². The standard InChI is InChI=1S/C17H18F2N2/c18-14-9-12(11-20)10-15(19)17(14)21-8-4-7-16(21)13-5-2-1-3-6-13/h1-3,5-6,9-10,16H,4,7-8,11,20H2. The Bertz CT molecular complexity index is 605. The summed E-state index contributed by atoms with van der Waals surface area (Å²) in [4.78, 5) is 1.83. The van der Waals surface area contributed by atoms with Crippen LogP contribution in [-0.4, -0.2) is 6.54 Å². The average Bonchev–Trinajstić information content (AvgIpc) is 2.96. The number of hydrogen-bond acceptors (Lipinski definition) is 2. The minimum atomic E-state index is -0.529. The van der Waals surface area contributed by atoms with E-state index in [2.05, 4.69) is 0 Å². The molecule has 1 aliphatic rings. The smallest absolute Gasteiger partial charge is 0.149 e. The Balaban J connectivity index is 2.00. The van der Waals surface area contributed by atoms with Gasteiger partial charge >= 0.3 is 0 Å². The van der Waals surface area contributed by atoms with Gasteiger partial charge in [0.2, 0.25) is 0 Å². The lowest BCUT2D eigenvalue weighted by Gasteiger charge is -2.28. The Labute approximate surface area is 123 Å². The fraction of sp³-hybridized carbons (Fsp3) is 0.294. The monoisotopic (exact) mass is 288 g/mol. The van der Waals surface area contributed by atoms with E-state index in [1.807, 2.05) is 35.2 Å². The SMILES string of the molecule is NCc1cc(F)c(N2CCCC2c2ccccc2)c(F)c1. The Morgan fingerprint density at radius 1 is 1.10 bits per heavy atom. The third-order valence-electron chi connectivity index (χ3n) is 4.04. The van der Waals surface area contributed by atoms with Crippen molar-refractivity contribution in [2.45, 2.75) is 25.4 Å². The van der Waals surface area contributed by atoms with Crippen molar-refractivity contribution in [2.24, 2.45) is 5.73 Å². The topological polar surface area (TPSA) is 29.3 Å². The summed E-state index contributed by atoms with van der Waals surface area (Å²) in [6.45, 7) is 0.797. The Kier molecular flexibility index (Phi) is 3.88. The zero-order valence-corrected chi connectivity index (χ0v) is 11.7. The van der Waals surface area contributed by atoms with E-state index in [9.17, 15) is 8.78 Å². The Hall–Kier alpha value is -1.94. The molecule has 1 saturated heterocycles. The largest absolute Gasteiger partial charge is 0.360 e. The molecule has 0 saturated carbocycles. The number of nitrogens with two attached hydrogens (primary N) is 1. The maximum atomic E-state index is 14.3. The first-order chi connectivity index (χ1) is 10.2. The molecule has 1 aliphatic heterocycles. The van der Waals surface area contributed by atoms with Gasteiger partial charge in [-0.15, -0.1) is 0 Å². The van der Waals surface area contributed by atoms with Gasteiger partial charge in [-0.2, -0.15) is 0 Å².